The molecule has 0 heterocycles. The molecule has 7 nitrogen and oxygen atoms in total. The molecule has 0 aliphatic heterocycles. The van der Waals surface area contributed by atoms with Crippen LogP contribution in [0.5, 0.6) is 0 Å². The highest BCUT2D eigenvalue weighted by atomic mass is 35.5. The van der Waals surface area contributed by atoms with Gasteiger partial charge in [-0.1, -0.05) is 36.7 Å². The van der Waals surface area contributed by atoms with Crippen LogP contribution in [-0.4, -0.2) is 72.7 Å². The molecule has 1 fully saturated rings. The van der Waals surface area contributed by atoms with Crippen molar-refractivity contribution in [3.05, 3.63) is 34.9 Å². The molecule has 1 aliphatic carbocycles. The zero-order chi connectivity index (χ0) is 20.0. The summed E-state index contributed by atoms with van der Waals surface area (Å²) in [6, 6.07) is 7.69. The summed E-state index contributed by atoms with van der Waals surface area (Å²) in [4.78, 5) is 27.1. The largest absolute Gasteiger partial charge is 0.480 e. The van der Waals surface area contributed by atoms with Gasteiger partial charge >= 0.3 is 12.0 Å². The van der Waals surface area contributed by atoms with Crippen LogP contribution in [0.3, 0.4) is 0 Å². The summed E-state index contributed by atoms with van der Waals surface area (Å²) in [5, 5.41) is 15.5. The third-order valence-corrected chi connectivity index (χ3v) is 5.40. The van der Waals surface area contributed by atoms with Gasteiger partial charge in [-0.3, -0.25) is 9.69 Å². The lowest BCUT2D eigenvalue weighted by Gasteiger charge is -2.42. The molecule has 0 aromatic heterocycles. The average molecular weight is 397 g/mol. The lowest BCUT2D eigenvalue weighted by atomic mass is 9.85. The number of nitrogens with one attached hydrogen (secondary N) is 2. The van der Waals surface area contributed by atoms with Gasteiger partial charge in [0.2, 0.25) is 0 Å². The van der Waals surface area contributed by atoms with E-state index >= 15 is 0 Å². The van der Waals surface area contributed by atoms with Crippen molar-refractivity contribution in [2.75, 3.05) is 33.7 Å². The van der Waals surface area contributed by atoms with Crippen molar-refractivity contribution in [2.45, 2.75) is 37.9 Å². The van der Waals surface area contributed by atoms with E-state index in [1.165, 1.54) is 0 Å². The number of carboxylic acid groups (broad SMARTS) is 1. The van der Waals surface area contributed by atoms with Crippen LogP contribution < -0.4 is 10.6 Å². The predicted octanol–water partition coefficient (Wildman–Crippen LogP) is 2.18. The zero-order valence-corrected chi connectivity index (χ0v) is 16.9. The number of carbonyl (C=O) groups is 2. The van der Waals surface area contributed by atoms with Crippen LogP contribution in [0.4, 0.5) is 4.79 Å². The van der Waals surface area contributed by atoms with Gasteiger partial charge in [0.05, 0.1) is 12.6 Å². The molecule has 1 aromatic rings. The predicted molar refractivity (Wildman–Crippen MR) is 106 cm³/mol. The highest BCUT2D eigenvalue weighted by Crippen LogP contribution is 2.26. The topological polar surface area (TPSA) is 84.9 Å². The van der Waals surface area contributed by atoms with Crippen molar-refractivity contribution >= 4 is 23.6 Å². The SMILES string of the molecule is CCN(CC(=O)O)C1CC(NC(=O)NCC(c2ccccc2Cl)N(C)C)C1. The number of carbonyl (C=O) groups excluding carboxylic acids is 1. The van der Waals surface area contributed by atoms with E-state index in [0.29, 0.717) is 18.1 Å². The van der Waals surface area contributed by atoms with E-state index in [-0.39, 0.29) is 30.7 Å². The maximum Gasteiger partial charge on any atom is 0.317 e. The number of hydrogen-bond acceptors (Lipinski definition) is 4. The molecule has 1 atom stereocenters. The number of nitrogens with zero attached hydrogens (tertiary/aromatic N) is 2. The average Bonchev–Trinajstić information content (AvgIpc) is 2.57. The van der Waals surface area contributed by atoms with Crippen LogP contribution >= 0.6 is 11.6 Å². The zero-order valence-electron chi connectivity index (χ0n) is 16.1. The summed E-state index contributed by atoms with van der Waals surface area (Å²) in [6.07, 6.45) is 1.55. The Labute approximate surface area is 165 Å². The number of halogens is 1. The molecule has 150 valence electrons. The van der Waals surface area contributed by atoms with Gasteiger partial charge in [0.15, 0.2) is 0 Å². The highest BCUT2D eigenvalue weighted by Gasteiger charge is 2.34. The Kier molecular flexibility index (Phi) is 7.89. The molecule has 0 saturated heterocycles. The Morgan fingerprint density at radius 1 is 1.30 bits per heavy atom. The van der Waals surface area contributed by atoms with Gasteiger partial charge in [-0.25, -0.2) is 4.79 Å². The molecule has 1 aliphatic rings. The Morgan fingerprint density at radius 2 is 1.96 bits per heavy atom. The lowest BCUT2D eigenvalue weighted by molar-refractivity contribution is -0.139. The molecule has 0 radical (unpaired) electrons. The van der Waals surface area contributed by atoms with Crippen molar-refractivity contribution in [1.29, 1.82) is 0 Å². The quantitative estimate of drug-likeness (QED) is 0.595. The smallest absolute Gasteiger partial charge is 0.317 e. The fourth-order valence-electron chi connectivity index (χ4n) is 3.42. The second-order valence-corrected chi connectivity index (χ2v) is 7.54. The first-order chi connectivity index (χ1) is 12.8. The van der Waals surface area contributed by atoms with Crippen LogP contribution in [0, 0.1) is 0 Å². The number of likely N-dealkylation sites (N-methyl/N-ethyl adjacent to an activating group) is 2. The molecular weight excluding hydrogens is 368 g/mol. The third kappa shape index (κ3) is 6.09. The van der Waals surface area contributed by atoms with Crippen LogP contribution in [0.2, 0.25) is 5.02 Å². The van der Waals surface area contributed by atoms with Crippen molar-refractivity contribution in [1.82, 2.24) is 20.4 Å². The number of carboxylic acids is 1. The van der Waals surface area contributed by atoms with Gasteiger partial charge in [-0.2, -0.15) is 0 Å². The van der Waals surface area contributed by atoms with Gasteiger partial charge in [-0.05, 0) is 45.1 Å². The number of aliphatic carboxylic acids is 1. The van der Waals surface area contributed by atoms with Gasteiger partial charge in [0, 0.05) is 23.7 Å². The van der Waals surface area contributed by atoms with Crippen molar-refractivity contribution < 1.29 is 14.7 Å². The molecule has 2 rings (SSSR count). The Hall–Kier alpha value is -1.83. The van der Waals surface area contributed by atoms with E-state index in [1.54, 1.807) is 0 Å². The van der Waals surface area contributed by atoms with Crippen LogP contribution in [0.15, 0.2) is 24.3 Å². The molecule has 1 saturated carbocycles. The molecule has 0 spiro atoms. The Morgan fingerprint density at radius 3 is 2.52 bits per heavy atom. The number of hydrogen-bond donors (Lipinski definition) is 3. The summed E-state index contributed by atoms with van der Waals surface area (Å²) in [5.74, 6) is -0.819. The summed E-state index contributed by atoms with van der Waals surface area (Å²) in [6.45, 7) is 3.13. The first kappa shape index (κ1) is 21.5. The molecule has 27 heavy (non-hydrogen) atoms. The van der Waals surface area contributed by atoms with Crippen LogP contribution in [0.25, 0.3) is 0 Å². The molecule has 2 amide bonds. The number of benzene rings is 1. The van der Waals surface area contributed by atoms with E-state index < -0.39 is 5.97 Å². The van der Waals surface area contributed by atoms with Crippen molar-refractivity contribution in [3.63, 3.8) is 0 Å². The molecule has 3 N–H and O–H groups in total. The summed E-state index contributed by atoms with van der Waals surface area (Å²) >= 11 is 6.29. The maximum absolute atomic E-state index is 12.2. The fourth-order valence-corrected chi connectivity index (χ4v) is 3.68. The second kappa shape index (κ2) is 9.92. The van der Waals surface area contributed by atoms with E-state index in [4.69, 9.17) is 16.7 Å². The molecule has 0 bridgehead atoms. The summed E-state index contributed by atoms with van der Waals surface area (Å²) in [7, 11) is 3.90. The van der Waals surface area contributed by atoms with E-state index in [2.05, 4.69) is 10.6 Å². The van der Waals surface area contributed by atoms with Crippen LogP contribution in [-0.2, 0) is 4.79 Å². The minimum Gasteiger partial charge on any atom is -0.480 e. The minimum atomic E-state index is -0.819. The molecule has 8 heteroatoms. The number of amides is 2. The summed E-state index contributed by atoms with van der Waals surface area (Å²) in [5.41, 5.74) is 0.973. The second-order valence-electron chi connectivity index (χ2n) is 7.13. The van der Waals surface area contributed by atoms with Gasteiger partial charge < -0.3 is 20.6 Å². The maximum atomic E-state index is 12.2. The highest BCUT2D eigenvalue weighted by molar-refractivity contribution is 6.31. The first-order valence-corrected chi connectivity index (χ1v) is 9.60. The molecular formula is C19H29ClN4O3. The van der Waals surface area contributed by atoms with E-state index in [0.717, 1.165) is 18.4 Å². The molecule has 1 unspecified atom stereocenters. The van der Waals surface area contributed by atoms with Gasteiger partial charge in [0.25, 0.3) is 0 Å². The first-order valence-electron chi connectivity index (χ1n) is 9.22. The van der Waals surface area contributed by atoms with Gasteiger partial charge in [0.1, 0.15) is 0 Å². The normalized spacial score (nSPS) is 20.2. The standard InChI is InChI=1S/C19H29ClN4O3/c1-4-24(12-18(25)26)14-9-13(10-14)22-19(27)21-11-17(23(2)3)15-7-5-6-8-16(15)20/h5-8,13-14,17H,4,9-12H2,1-3H3,(H,25,26)(H2,21,22,27). The van der Waals surface area contributed by atoms with E-state index in [1.807, 2.05) is 55.1 Å². The fraction of sp³-hybridized carbons (Fsp3) is 0.579. The Balaban J connectivity index is 1.79. The Bertz CT molecular complexity index is 650. The molecule has 1 aromatic carbocycles. The lowest BCUT2D eigenvalue weighted by Crippen LogP contribution is -2.56. The van der Waals surface area contributed by atoms with Crippen molar-refractivity contribution in [2.24, 2.45) is 0 Å². The van der Waals surface area contributed by atoms with Gasteiger partial charge in [-0.15, -0.1) is 0 Å². The number of rotatable bonds is 9. The number of urea groups is 1. The minimum absolute atomic E-state index is 0.0234. The van der Waals surface area contributed by atoms with Crippen LogP contribution in [0.1, 0.15) is 31.4 Å². The third-order valence-electron chi connectivity index (χ3n) is 5.05. The summed E-state index contributed by atoms with van der Waals surface area (Å²) < 4.78 is 0. The van der Waals surface area contributed by atoms with Crippen molar-refractivity contribution in [3.8, 4) is 0 Å². The monoisotopic (exact) mass is 396 g/mol. The van der Waals surface area contributed by atoms with E-state index in [9.17, 15) is 9.59 Å².